The maximum atomic E-state index is 12.9. The van der Waals surface area contributed by atoms with Crippen molar-refractivity contribution in [1.82, 2.24) is 4.90 Å². The van der Waals surface area contributed by atoms with Gasteiger partial charge in [0.2, 0.25) is 11.7 Å². The number of anilines is 1. The Hall–Kier alpha value is -2.74. The van der Waals surface area contributed by atoms with Gasteiger partial charge in [-0.05, 0) is 68.4 Å². The van der Waals surface area contributed by atoms with Gasteiger partial charge in [0.05, 0.1) is 28.7 Å². The second kappa shape index (κ2) is 10.0. The molecule has 0 spiro atoms. The highest BCUT2D eigenvalue weighted by atomic mass is 35.5. The first-order valence-corrected chi connectivity index (χ1v) is 11.5. The molecule has 0 bridgehead atoms. The number of hydrogen-bond acceptors (Lipinski definition) is 6. The van der Waals surface area contributed by atoms with Crippen molar-refractivity contribution < 1.29 is 23.9 Å². The van der Waals surface area contributed by atoms with E-state index < -0.39 is 24.4 Å². The first-order valence-electron chi connectivity index (χ1n) is 10.7. The fraction of sp³-hybridized carbons (Fsp3) is 0.333. The molecule has 7 nitrogen and oxygen atoms in total. The van der Waals surface area contributed by atoms with Crippen molar-refractivity contribution >= 4 is 52.5 Å². The third kappa shape index (κ3) is 5.11. The van der Waals surface area contributed by atoms with E-state index in [-0.39, 0.29) is 34.4 Å². The number of ether oxygens (including phenoxy) is 1. The lowest BCUT2D eigenvalue weighted by Crippen LogP contribution is -2.44. The van der Waals surface area contributed by atoms with Gasteiger partial charge < -0.3 is 4.74 Å². The second-order valence-electron chi connectivity index (χ2n) is 8.05. The molecule has 0 saturated carbocycles. The zero-order chi connectivity index (χ0) is 23.5. The van der Waals surface area contributed by atoms with Gasteiger partial charge in [-0.15, -0.1) is 0 Å². The van der Waals surface area contributed by atoms with Crippen molar-refractivity contribution in [3.05, 3.63) is 63.6 Å². The number of nitrogens with zero attached hydrogens (tertiary/aromatic N) is 2. The smallest absolute Gasteiger partial charge is 0.338 e. The summed E-state index contributed by atoms with van der Waals surface area (Å²) in [6.07, 6.45) is 3.37. The highest BCUT2D eigenvalue weighted by Gasteiger charge is 2.42. The predicted octanol–water partition coefficient (Wildman–Crippen LogP) is 4.15. The first kappa shape index (κ1) is 23.4. The van der Waals surface area contributed by atoms with Crippen LogP contribution in [0.15, 0.2) is 42.5 Å². The van der Waals surface area contributed by atoms with Crippen molar-refractivity contribution in [2.24, 2.45) is 0 Å². The molecule has 9 heteroatoms. The van der Waals surface area contributed by atoms with Crippen LogP contribution in [0.1, 0.15) is 46.4 Å². The Bertz CT molecular complexity index is 1100. The van der Waals surface area contributed by atoms with Crippen LogP contribution < -0.4 is 4.90 Å². The average molecular weight is 489 g/mol. The van der Waals surface area contributed by atoms with Crippen LogP contribution in [0.5, 0.6) is 0 Å². The van der Waals surface area contributed by atoms with E-state index in [1.165, 1.54) is 47.4 Å². The summed E-state index contributed by atoms with van der Waals surface area (Å²) < 4.78 is 5.10. The number of carbonyl (C=O) groups excluding carboxylic acids is 4. The molecule has 0 aliphatic carbocycles. The van der Waals surface area contributed by atoms with Crippen molar-refractivity contribution in [3.63, 3.8) is 0 Å². The van der Waals surface area contributed by atoms with E-state index in [0.29, 0.717) is 10.7 Å². The molecule has 2 saturated heterocycles. The van der Waals surface area contributed by atoms with Gasteiger partial charge in [-0.3, -0.25) is 19.3 Å². The van der Waals surface area contributed by atoms with Crippen LogP contribution in [-0.4, -0.2) is 54.2 Å². The number of carbonyl (C=O) groups is 4. The molecule has 0 aromatic heterocycles. The number of imide groups is 1. The highest BCUT2D eigenvalue weighted by molar-refractivity contribution is 6.36. The fourth-order valence-electron chi connectivity index (χ4n) is 4.16. The van der Waals surface area contributed by atoms with Crippen LogP contribution in [0.25, 0.3) is 0 Å². The van der Waals surface area contributed by atoms with Crippen molar-refractivity contribution in [1.29, 1.82) is 0 Å². The number of ketones is 1. The van der Waals surface area contributed by atoms with E-state index in [1.54, 1.807) is 0 Å². The van der Waals surface area contributed by atoms with E-state index in [9.17, 15) is 19.2 Å². The number of amides is 2. The number of benzene rings is 2. The number of hydrogen-bond donors (Lipinski definition) is 0. The second-order valence-corrected chi connectivity index (χ2v) is 8.90. The Labute approximate surface area is 201 Å². The zero-order valence-electron chi connectivity index (χ0n) is 17.8. The van der Waals surface area contributed by atoms with Crippen LogP contribution in [0.3, 0.4) is 0 Å². The molecule has 2 aromatic carbocycles. The molecule has 1 unspecified atom stereocenters. The third-order valence-corrected chi connectivity index (χ3v) is 6.43. The summed E-state index contributed by atoms with van der Waals surface area (Å²) in [6, 6.07) is 10.0. The van der Waals surface area contributed by atoms with Gasteiger partial charge in [-0.25, -0.2) is 9.69 Å². The molecule has 2 aliphatic rings. The number of halogens is 2. The molecular formula is C24H22Cl2N2O5. The van der Waals surface area contributed by atoms with Crippen molar-refractivity contribution in [3.8, 4) is 0 Å². The quantitative estimate of drug-likeness (QED) is 0.345. The summed E-state index contributed by atoms with van der Waals surface area (Å²) in [4.78, 5) is 53.4. The monoisotopic (exact) mass is 488 g/mol. The first-order chi connectivity index (χ1) is 15.8. The summed E-state index contributed by atoms with van der Waals surface area (Å²) in [5.41, 5.74) is 0.809. The van der Waals surface area contributed by atoms with Crippen molar-refractivity contribution in [2.75, 3.05) is 24.6 Å². The maximum absolute atomic E-state index is 12.9. The van der Waals surface area contributed by atoms with Gasteiger partial charge in [0.1, 0.15) is 0 Å². The topological polar surface area (TPSA) is 84.0 Å². The maximum Gasteiger partial charge on any atom is 0.338 e. The van der Waals surface area contributed by atoms with E-state index >= 15 is 0 Å². The van der Waals surface area contributed by atoms with Crippen molar-refractivity contribution in [2.45, 2.75) is 31.7 Å². The lowest BCUT2D eigenvalue weighted by molar-refractivity contribution is -0.123. The van der Waals surface area contributed by atoms with E-state index in [4.69, 9.17) is 27.9 Å². The number of esters is 1. The molecule has 2 aliphatic heterocycles. The van der Waals surface area contributed by atoms with E-state index in [2.05, 4.69) is 4.90 Å². The van der Waals surface area contributed by atoms with Crippen LogP contribution >= 0.6 is 23.2 Å². The summed E-state index contributed by atoms with van der Waals surface area (Å²) in [7, 11) is 0. The highest BCUT2D eigenvalue weighted by Crippen LogP contribution is 2.28. The Balaban J connectivity index is 1.38. The van der Waals surface area contributed by atoms with Crippen LogP contribution in [0.2, 0.25) is 10.0 Å². The number of piperidine rings is 1. The molecule has 172 valence electrons. The van der Waals surface area contributed by atoms with Gasteiger partial charge in [-0.2, -0.15) is 0 Å². The Morgan fingerprint density at radius 1 is 0.970 bits per heavy atom. The lowest BCUT2D eigenvalue weighted by atomic mass is 10.1. The van der Waals surface area contributed by atoms with E-state index in [0.717, 1.165) is 32.4 Å². The molecule has 4 rings (SSSR count). The molecular weight excluding hydrogens is 467 g/mol. The van der Waals surface area contributed by atoms with Gasteiger partial charge in [0.25, 0.3) is 5.91 Å². The van der Waals surface area contributed by atoms with Crippen LogP contribution in [0, 0.1) is 0 Å². The molecule has 1 atom stereocenters. The summed E-state index contributed by atoms with van der Waals surface area (Å²) in [5, 5.41) is 0.571. The summed E-state index contributed by atoms with van der Waals surface area (Å²) in [5.74, 6) is -1.65. The largest absolute Gasteiger partial charge is 0.454 e. The number of rotatable bonds is 6. The molecule has 2 fully saturated rings. The Kier molecular flexibility index (Phi) is 7.12. The fourth-order valence-corrected chi connectivity index (χ4v) is 4.67. The summed E-state index contributed by atoms with van der Waals surface area (Å²) in [6.45, 7) is 1.16. The summed E-state index contributed by atoms with van der Waals surface area (Å²) >= 11 is 11.8. The van der Waals surface area contributed by atoms with Gasteiger partial charge in [-0.1, -0.05) is 29.6 Å². The molecule has 0 N–H and O–H groups in total. The number of likely N-dealkylation sites (tertiary alicyclic amines) is 1. The minimum Gasteiger partial charge on any atom is -0.454 e. The Morgan fingerprint density at radius 3 is 2.33 bits per heavy atom. The van der Waals surface area contributed by atoms with Crippen LogP contribution in [-0.2, 0) is 14.3 Å². The van der Waals surface area contributed by atoms with Gasteiger partial charge in [0, 0.05) is 10.6 Å². The van der Waals surface area contributed by atoms with Crippen LogP contribution in [0.4, 0.5) is 5.69 Å². The predicted molar refractivity (Wildman–Crippen MR) is 124 cm³/mol. The molecule has 2 aromatic rings. The Morgan fingerprint density at radius 2 is 1.67 bits per heavy atom. The minimum absolute atomic E-state index is 0.165. The normalized spacial score (nSPS) is 19.1. The number of Topliss-reactive ketones (excluding diaryl/α,β-unsaturated/α-hetero) is 1. The average Bonchev–Trinajstić information content (AvgIpc) is 3.11. The third-order valence-electron chi connectivity index (χ3n) is 5.88. The molecule has 2 amide bonds. The van der Waals surface area contributed by atoms with Gasteiger partial charge in [0.15, 0.2) is 6.61 Å². The molecule has 33 heavy (non-hydrogen) atoms. The minimum atomic E-state index is -0.703. The zero-order valence-corrected chi connectivity index (χ0v) is 19.3. The molecule has 0 radical (unpaired) electrons. The SMILES string of the molecule is O=C(OCC(=O)c1ccc(Cl)cc1Cl)c1ccc(N2C(=O)CC(N3CCCCC3)C2=O)cc1. The standard InChI is InChI=1S/C24H22Cl2N2O5/c25-16-6-9-18(19(26)12-16)21(29)14-33-24(32)15-4-7-17(8-5-15)28-22(30)13-20(23(28)31)27-10-2-1-3-11-27/h4-9,12,20H,1-3,10-11,13-14H2. The molecule has 2 heterocycles. The van der Waals surface area contributed by atoms with E-state index in [1.807, 2.05) is 0 Å². The van der Waals surface area contributed by atoms with Gasteiger partial charge >= 0.3 is 5.97 Å². The lowest BCUT2D eigenvalue weighted by Gasteiger charge is -2.30.